The van der Waals surface area contributed by atoms with Crippen molar-refractivity contribution in [3.63, 3.8) is 0 Å². The van der Waals surface area contributed by atoms with Gasteiger partial charge in [-0.05, 0) is 39.0 Å². The Morgan fingerprint density at radius 1 is 1.10 bits per heavy atom. The molecule has 11 nitrogen and oxygen atoms in total. The molecular weight excluding hydrogens is 533 g/mol. The van der Waals surface area contributed by atoms with Crippen LogP contribution in [0.25, 0.3) is 11.0 Å². The highest BCUT2D eigenvalue weighted by molar-refractivity contribution is 5.83. The van der Waals surface area contributed by atoms with Gasteiger partial charge in [-0.2, -0.15) is 0 Å². The first kappa shape index (κ1) is 28.5. The number of aromatic nitrogens is 3. The molecule has 1 atom stereocenters. The number of hydrogen-bond acceptors (Lipinski definition) is 9. The Morgan fingerprint density at radius 3 is 2.66 bits per heavy atom. The van der Waals surface area contributed by atoms with E-state index < -0.39 is 23.4 Å². The van der Waals surface area contributed by atoms with Crippen molar-refractivity contribution in [2.45, 2.75) is 45.9 Å². The minimum absolute atomic E-state index is 0.0542. The lowest BCUT2D eigenvalue weighted by atomic mass is 9.95. The number of carbonyl (C=O) groups is 2. The molecular formula is C29H34FN5O6. The van der Waals surface area contributed by atoms with Crippen molar-refractivity contribution in [3.8, 4) is 11.5 Å². The van der Waals surface area contributed by atoms with Crippen LogP contribution in [-0.2, 0) is 22.6 Å². The molecule has 0 bridgehead atoms. The number of rotatable bonds is 7. The second-order valence-corrected chi connectivity index (χ2v) is 11.3. The summed E-state index contributed by atoms with van der Waals surface area (Å²) in [7, 11) is 0. The number of ether oxygens (including phenoxy) is 3. The summed E-state index contributed by atoms with van der Waals surface area (Å²) in [5, 5.41) is 0. The molecule has 1 aromatic carbocycles. The van der Waals surface area contributed by atoms with Crippen LogP contribution < -0.4 is 15.0 Å². The van der Waals surface area contributed by atoms with Crippen molar-refractivity contribution in [2.75, 3.05) is 39.4 Å². The Balaban J connectivity index is 1.30. The van der Waals surface area contributed by atoms with Crippen LogP contribution in [0.4, 0.5) is 9.18 Å². The van der Waals surface area contributed by atoms with Crippen LogP contribution >= 0.6 is 0 Å². The highest BCUT2D eigenvalue weighted by Crippen LogP contribution is 2.30. The number of hydrogen-bond donors (Lipinski definition) is 0. The lowest BCUT2D eigenvalue weighted by Crippen LogP contribution is -2.48. The molecule has 12 heteroatoms. The third kappa shape index (κ3) is 6.99. The summed E-state index contributed by atoms with van der Waals surface area (Å²) >= 11 is 0. The summed E-state index contributed by atoms with van der Waals surface area (Å²) in [6.45, 7) is 8.20. The topological polar surface area (TPSA) is 116 Å². The van der Waals surface area contributed by atoms with Gasteiger partial charge in [-0.25, -0.2) is 14.2 Å². The number of pyridine rings is 1. The molecule has 41 heavy (non-hydrogen) atoms. The zero-order valence-electron chi connectivity index (χ0n) is 23.5. The van der Waals surface area contributed by atoms with E-state index in [0.29, 0.717) is 74.0 Å². The Bertz CT molecular complexity index is 1500. The molecule has 1 amide bonds. The molecule has 0 radical (unpaired) electrons. The average Bonchev–Trinajstić information content (AvgIpc) is 2.92. The van der Waals surface area contributed by atoms with Crippen LogP contribution in [0.15, 0.2) is 41.5 Å². The second kappa shape index (κ2) is 11.8. The quantitative estimate of drug-likeness (QED) is 0.425. The molecule has 0 aliphatic carbocycles. The zero-order chi connectivity index (χ0) is 29.1. The third-order valence-corrected chi connectivity index (χ3v) is 6.99. The maximum absolute atomic E-state index is 13.9. The van der Waals surface area contributed by atoms with Crippen molar-refractivity contribution >= 4 is 22.9 Å². The SMILES string of the molecule is CC(C)(C)OC(=O)N(Cc1cc2c(cn1)OCCO2)CC1CN(CCn2c(=O)cnc3ccc(F)cc32)CCC1=O. The fourth-order valence-corrected chi connectivity index (χ4v) is 5.01. The van der Waals surface area contributed by atoms with E-state index in [-0.39, 0.29) is 24.4 Å². The summed E-state index contributed by atoms with van der Waals surface area (Å²) in [6.07, 6.45) is 2.57. The number of benzene rings is 1. The Hall–Kier alpha value is -4.06. The van der Waals surface area contributed by atoms with Crippen LogP contribution in [0.2, 0.25) is 0 Å². The Morgan fingerprint density at radius 2 is 1.88 bits per heavy atom. The fraction of sp³-hybridized carbons (Fsp3) is 0.483. The average molecular weight is 568 g/mol. The number of halogens is 1. The van der Waals surface area contributed by atoms with Gasteiger partial charge in [0.2, 0.25) is 0 Å². The van der Waals surface area contributed by atoms with Crippen LogP contribution in [0, 0.1) is 11.7 Å². The van der Waals surface area contributed by atoms with Gasteiger partial charge in [-0.3, -0.25) is 14.6 Å². The Labute approximate surface area is 236 Å². The number of nitrogens with zero attached hydrogens (tertiary/aromatic N) is 5. The number of Topliss-reactive ketones (excluding diaryl/α,β-unsaturated/α-hetero) is 1. The first-order chi connectivity index (χ1) is 19.6. The van der Waals surface area contributed by atoms with Gasteiger partial charge in [0.1, 0.15) is 30.4 Å². The van der Waals surface area contributed by atoms with E-state index in [9.17, 15) is 18.8 Å². The van der Waals surface area contributed by atoms with E-state index in [4.69, 9.17) is 14.2 Å². The molecule has 2 aliphatic heterocycles. The molecule has 218 valence electrons. The second-order valence-electron chi connectivity index (χ2n) is 11.3. The summed E-state index contributed by atoms with van der Waals surface area (Å²) in [5.74, 6) is 0.252. The van der Waals surface area contributed by atoms with Crippen LogP contribution in [-0.4, -0.2) is 81.2 Å². The summed E-state index contributed by atoms with van der Waals surface area (Å²) in [5.41, 5.74) is 0.480. The van der Waals surface area contributed by atoms with Gasteiger partial charge in [0.05, 0.1) is 35.7 Å². The van der Waals surface area contributed by atoms with Gasteiger partial charge in [-0.1, -0.05) is 0 Å². The van der Waals surface area contributed by atoms with Crippen LogP contribution in [0.3, 0.4) is 0 Å². The minimum Gasteiger partial charge on any atom is -0.486 e. The monoisotopic (exact) mass is 567 g/mol. The number of likely N-dealkylation sites (tertiary alicyclic amines) is 1. The molecule has 1 fully saturated rings. The van der Waals surface area contributed by atoms with Gasteiger partial charge >= 0.3 is 6.09 Å². The number of piperidine rings is 1. The minimum atomic E-state index is -0.724. The first-order valence-electron chi connectivity index (χ1n) is 13.7. The van der Waals surface area contributed by atoms with Gasteiger partial charge in [0, 0.05) is 51.1 Å². The smallest absolute Gasteiger partial charge is 0.410 e. The molecule has 2 aromatic heterocycles. The number of ketones is 1. The standard InChI is InChI=1S/C29H34FN5O6/c1-29(2,3)41-28(38)34(18-21-13-25-26(14-31-21)40-11-10-39-25)17-19-16-33(7-6-24(19)36)8-9-35-23-12-20(30)4-5-22(23)32-15-27(35)37/h4-5,12-15,19H,6-11,16-18H2,1-3H3. The highest BCUT2D eigenvalue weighted by Gasteiger charge is 2.32. The normalized spacial score (nSPS) is 17.5. The molecule has 5 rings (SSSR count). The third-order valence-electron chi connectivity index (χ3n) is 6.99. The molecule has 4 heterocycles. The van der Waals surface area contributed by atoms with E-state index in [1.165, 1.54) is 33.9 Å². The van der Waals surface area contributed by atoms with Crippen molar-refractivity contribution in [3.05, 3.63) is 58.5 Å². The molecule has 3 aromatic rings. The van der Waals surface area contributed by atoms with E-state index in [0.717, 1.165) is 0 Å². The number of amides is 1. The van der Waals surface area contributed by atoms with E-state index >= 15 is 0 Å². The molecule has 1 unspecified atom stereocenters. The van der Waals surface area contributed by atoms with Crippen molar-refractivity contribution in [2.24, 2.45) is 5.92 Å². The summed E-state index contributed by atoms with van der Waals surface area (Å²) in [6, 6.07) is 5.89. The molecule has 0 N–H and O–H groups in total. The van der Waals surface area contributed by atoms with Gasteiger partial charge in [-0.15, -0.1) is 0 Å². The van der Waals surface area contributed by atoms with Crippen molar-refractivity contribution in [1.29, 1.82) is 0 Å². The lowest BCUT2D eigenvalue weighted by molar-refractivity contribution is -0.127. The molecule has 0 spiro atoms. The van der Waals surface area contributed by atoms with Gasteiger partial charge < -0.3 is 28.6 Å². The predicted molar refractivity (Wildman–Crippen MR) is 147 cm³/mol. The predicted octanol–water partition coefficient (Wildman–Crippen LogP) is 3.03. The molecule has 0 saturated carbocycles. The summed E-state index contributed by atoms with van der Waals surface area (Å²) in [4.78, 5) is 50.9. The van der Waals surface area contributed by atoms with Crippen molar-refractivity contribution < 1.29 is 28.2 Å². The number of carbonyl (C=O) groups excluding carboxylic acids is 2. The van der Waals surface area contributed by atoms with Crippen LogP contribution in [0.5, 0.6) is 11.5 Å². The maximum Gasteiger partial charge on any atom is 0.410 e. The van der Waals surface area contributed by atoms with Crippen molar-refractivity contribution in [1.82, 2.24) is 24.3 Å². The van der Waals surface area contributed by atoms with Gasteiger partial charge in [0.25, 0.3) is 5.56 Å². The largest absolute Gasteiger partial charge is 0.486 e. The zero-order valence-corrected chi connectivity index (χ0v) is 23.5. The van der Waals surface area contributed by atoms with E-state index in [1.54, 1.807) is 33.0 Å². The molecule has 2 aliphatic rings. The maximum atomic E-state index is 13.9. The van der Waals surface area contributed by atoms with Crippen LogP contribution in [0.1, 0.15) is 32.9 Å². The lowest BCUT2D eigenvalue weighted by Gasteiger charge is -2.35. The summed E-state index contributed by atoms with van der Waals surface area (Å²) < 4.78 is 32.3. The van der Waals surface area contributed by atoms with E-state index in [2.05, 4.69) is 14.9 Å². The fourth-order valence-electron chi connectivity index (χ4n) is 5.01. The first-order valence-corrected chi connectivity index (χ1v) is 13.7. The highest BCUT2D eigenvalue weighted by atomic mass is 19.1. The Kier molecular flexibility index (Phi) is 8.20. The number of fused-ring (bicyclic) bond motifs is 2. The molecule has 1 saturated heterocycles. The van der Waals surface area contributed by atoms with E-state index in [1.807, 2.05) is 0 Å². The van der Waals surface area contributed by atoms with Gasteiger partial charge in [0.15, 0.2) is 11.5 Å².